The van der Waals surface area contributed by atoms with Crippen LogP contribution < -0.4 is 10.0 Å². The molecule has 0 heterocycles. The number of carbonyl (C=O) groups excluding carboxylic acids is 1. The van der Waals surface area contributed by atoms with E-state index in [9.17, 15) is 13.2 Å². The molecule has 2 rings (SSSR count). The predicted octanol–water partition coefficient (Wildman–Crippen LogP) is 1.89. The summed E-state index contributed by atoms with van der Waals surface area (Å²) in [5.74, 6) is -0.298. The number of aryl methyl sites for hydroxylation is 1. The molecule has 140 valence electrons. The summed E-state index contributed by atoms with van der Waals surface area (Å²) in [7, 11) is 1.78. The third-order valence-electron chi connectivity index (χ3n) is 4.01. The Labute approximate surface area is 155 Å². The second-order valence-corrected chi connectivity index (χ2v) is 8.31. The largest absolute Gasteiger partial charge is 0.348 e. The maximum Gasteiger partial charge on any atom is 0.251 e. The topological polar surface area (TPSA) is 78.5 Å². The smallest absolute Gasteiger partial charge is 0.251 e. The summed E-state index contributed by atoms with van der Waals surface area (Å²) in [6, 6.07) is 12.6. The summed E-state index contributed by atoms with van der Waals surface area (Å²) in [5.41, 5.74) is 3.26. The van der Waals surface area contributed by atoms with E-state index in [1.807, 2.05) is 38.4 Å². The van der Waals surface area contributed by atoms with Gasteiger partial charge in [0.1, 0.15) is 0 Å². The lowest BCUT2D eigenvalue weighted by molar-refractivity contribution is 0.0950. The molecule has 7 heteroatoms. The minimum absolute atomic E-state index is 0.0730. The van der Waals surface area contributed by atoms with E-state index in [2.05, 4.69) is 14.9 Å². The highest BCUT2D eigenvalue weighted by molar-refractivity contribution is 7.89. The van der Waals surface area contributed by atoms with Gasteiger partial charge >= 0.3 is 0 Å². The van der Waals surface area contributed by atoms with Gasteiger partial charge in [-0.15, -0.1) is 0 Å². The van der Waals surface area contributed by atoms with Crippen molar-refractivity contribution < 1.29 is 13.2 Å². The van der Waals surface area contributed by atoms with Gasteiger partial charge in [-0.25, -0.2) is 13.1 Å². The number of hydrogen-bond donors (Lipinski definition) is 2. The average Bonchev–Trinajstić information content (AvgIpc) is 2.60. The fourth-order valence-corrected chi connectivity index (χ4v) is 3.29. The van der Waals surface area contributed by atoms with Crippen LogP contribution in [-0.4, -0.2) is 40.4 Å². The zero-order valence-corrected chi connectivity index (χ0v) is 16.4. The van der Waals surface area contributed by atoms with Crippen LogP contribution in [0, 0.1) is 6.92 Å². The number of nitrogens with zero attached hydrogens (tertiary/aromatic N) is 1. The normalized spacial score (nSPS) is 11.6. The maximum absolute atomic E-state index is 12.5. The Balaban J connectivity index is 2.09. The molecule has 2 N–H and O–H groups in total. The van der Waals surface area contributed by atoms with E-state index in [0.717, 1.165) is 17.7 Å². The lowest BCUT2D eigenvalue weighted by Crippen LogP contribution is -2.25. The van der Waals surface area contributed by atoms with Gasteiger partial charge in [0.2, 0.25) is 10.0 Å². The van der Waals surface area contributed by atoms with Gasteiger partial charge in [0.25, 0.3) is 5.91 Å². The van der Waals surface area contributed by atoms with E-state index < -0.39 is 10.0 Å². The molecule has 0 aliphatic heterocycles. The number of amides is 1. The van der Waals surface area contributed by atoms with Gasteiger partial charge in [-0.1, -0.05) is 30.3 Å². The molecule has 0 atom stereocenters. The van der Waals surface area contributed by atoms with Gasteiger partial charge in [0, 0.05) is 18.7 Å². The van der Waals surface area contributed by atoms with Crippen molar-refractivity contribution in [3.05, 3.63) is 64.7 Å². The number of benzene rings is 2. The van der Waals surface area contributed by atoms with Crippen LogP contribution in [0.25, 0.3) is 0 Å². The number of carbonyl (C=O) groups is 1. The molecular weight excluding hydrogens is 350 g/mol. The van der Waals surface area contributed by atoms with Crippen molar-refractivity contribution in [2.24, 2.45) is 0 Å². The summed E-state index contributed by atoms with van der Waals surface area (Å²) in [6.45, 7) is 3.02. The average molecular weight is 375 g/mol. The standard InChI is InChI=1S/C19H25N3O3S/c1-14-5-10-17(26(24,25)20-2)11-18(14)19(23)21-12-15-6-8-16(9-7-15)13-22(3)4/h5-11,20H,12-13H2,1-4H3,(H,21,23). The first kappa shape index (κ1) is 20.1. The van der Waals surface area contributed by atoms with Gasteiger partial charge < -0.3 is 10.2 Å². The Kier molecular flexibility index (Phi) is 6.52. The van der Waals surface area contributed by atoms with Crippen molar-refractivity contribution in [3.8, 4) is 0 Å². The summed E-state index contributed by atoms with van der Waals surface area (Å²) >= 11 is 0. The third kappa shape index (κ3) is 5.14. The lowest BCUT2D eigenvalue weighted by Gasteiger charge is -2.12. The van der Waals surface area contributed by atoms with Crippen molar-refractivity contribution >= 4 is 15.9 Å². The fraction of sp³-hybridized carbons (Fsp3) is 0.316. The number of rotatable bonds is 7. The van der Waals surface area contributed by atoms with Crippen LogP contribution in [0.1, 0.15) is 27.0 Å². The van der Waals surface area contributed by atoms with Gasteiger partial charge in [-0.05, 0) is 56.9 Å². The number of nitrogens with one attached hydrogen (secondary N) is 2. The maximum atomic E-state index is 12.5. The fourth-order valence-electron chi connectivity index (χ4n) is 2.54. The highest BCUT2D eigenvalue weighted by Crippen LogP contribution is 2.16. The van der Waals surface area contributed by atoms with Crippen molar-refractivity contribution in [2.75, 3.05) is 21.1 Å². The highest BCUT2D eigenvalue weighted by atomic mass is 32.2. The Morgan fingerprint density at radius 1 is 1.04 bits per heavy atom. The molecule has 2 aromatic carbocycles. The monoisotopic (exact) mass is 375 g/mol. The molecule has 0 aliphatic carbocycles. The van der Waals surface area contributed by atoms with E-state index in [0.29, 0.717) is 12.1 Å². The first-order valence-electron chi connectivity index (χ1n) is 8.28. The van der Waals surface area contributed by atoms with Gasteiger partial charge in [-0.3, -0.25) is 4.79 Å². The van der Waals surface area contributed by atoms with E-state index >= 15 is 0 Å². The van der Waals surface area contributed by atoms with Crippen LogP contribution in [-0.2, 0) is 23.1 Å². The van der Waals surface area contributed by atoms with Crippen LogP contribution in [0.15, 0.2) is 47.4 Å². The Bertz CT molecular complexity index is 875. The lowest BCUT2D eigenvalue weighted by atomic mass is 10.1. The number of hydrogen-bond acceptors (Lipinski definition) is 4. The molecule has 0 bridgehead atoms. The van der Waals surface area contributed by atoms with E-state index in [1.54, 1.807) is 13.0 Å². The summed E-state index contributed by atoms with van der Waals surface area (Å²) < 4.78 is 26.1. The molecule has 6 nitrogen and oxygen atoms in total. The Morgan fingerprint density at radius 2 is 1.65 bits per heavy atom. The molecule has 0 fully saturated rings. The van der Waals surface area contributed by atoms with E-state index in [-0.39, 0.29) is 10.8 Å². The molecule has 0 unspecified atom stereocenters. The predicted molar refractivity (Wildman–Crippen MR) is 102 cm³/mol. The molecule has 0 spiro atoms. The van der Waals surface area contributed by atoms with Crippen molar-refractivity contribution in [1.29, 1.82) is 0 Å². The molecule has 1 amide bonds. The van der Waals surface area contributed by atoms with Crippen LogP contribution in [0.2, 0.25) is 0 Å². The highest BCUT2D eigenvalue weighted by Gasteiger charge is 2.16. The molecule has 26 heavy (non-hydrogen) atoms. The van der Waals surface area contributed by atoms with Crippen LogP contribution in [0.4, 0.5) is 0 Å². The minimum Gasteiger partial charge on any atom is -0.348 e. The first-order valence-corrected chi connectivity index (χ1v) is 9.76. The van der Waals surface area contributed by atoms with Crippen LogP contribution >= 0.6 is 0 Å². The van der Waals surface area contributed by atoms with E-state index in [4.69, 9.17) is 0 Å². The van der Waals surface area contributed by atoms with Crippen molar-refractivity contribution in [2.45, 2.75) is 24.9 Å². The first-order chi connectivity index (χ1) is 12.2. The molecule has 0 radical (unpaired) electrons. The van der Waals surface area contributed by atoms with Crippen molar-refractivity contribution in [3.63, 3.8) is 0 Å². The molecule has 2 aromatic rings. The summed E-state index contributed by atoms with van der Waals surface area (Å²) in [5, 5.41) is 2.85. The molecular formula is C19H25N3O3S. The van der Waals surface area contributed by atoms with Gasteiger partial charge in [0.05, 0.1) is 4.90 Å². The zero-order valence-electron chi connectivity index (χ0n) is 15.5. The SMILES string of the molecule is CNS(=O)(=O)c1ccc(C)c(C(=O)NCc2ccc(CN(C)C)cc2)c1. The summed E-state index contributed by atoms with van der Waals surface area (Å²) in [4.78, 5) is 14.6. The Hall–Kier alpha value is -2.22. The van der Waals surface area contributed by atoms with Crippen molar-refractivity contribution in [1.82, 2.24) is 14.9 Å². The second-order valence-electron chi connectivity index (χ2n) is 6.42. The second kappa shape index (κ2) is 8.44. The Morgan fingerprint density at radius 3 is 2.23 bits per heavy atom. The number of sulfonamides is 1. The van der Waals surface area contributed by atoms with Crippen LogP contribution in [0.3, 0.4) is 0 Å². The molecule has 0 aromatic heterocycles. The van der Waals surface area contributed by atoms with Crippen LogP contribution in [0.5, 0.6) is 0 Å². The summed E-state index contributed by atoms with van der Waals surface area (Å²) in [6.07, 6.45) is 0. The van der Waals surface area contributed by atoms with Gasteiger partial charge in [0.15, 0.2) is 0 Å². The molecule has 0 aliphatic rings. The van der Waals surface area contributed by atoms with E-state index in [1.165, 1.54) is 24.7 Å². The minimum atomic E-state index is -3.59. The molecule has 0 saturated carbocycles. The molecule has 0 saturated heterocycles. The quantitative estimate of drug-likeness (QED) is 0.775. The zero-order chi connectivity index (χ0) is 19.3. The van der Waals surface area contributed by atoms with Gasteiger partial charge in [-0.2, -0.15) is 0 Å². The third-order valence-corrected chi connectivity index (χ3v) is 5.42.